The highest BCUT2D eigenvalue weighted by Gasteiger charge is 2.14. The number of esters is 1. The topological polar surface area (TPSA) is 71.5 Å². The molecule has 0 aliphatic carbocycles. The van der Waals surface area contributed by atoms with E-state index in [1.165, 1.54) is 13.3 Å². The zero-order chi connectivity index (χ0) is 19.2. The van der Waals surface area contributed by atoms with Crippen molar-refractivity contribution in [2.24, 2.45) is 0 Å². The fourth-order valence-corrected chi connectivity index (χ4v) is 2.56. The molecule has 0 unspecified atom stereocenters. The second kappa shape index (κ2) is 8.14. The number of ether oxygens (including phenoxy) is 1. The van der Waals surface area contributed by atoms with Gasteiger partial charge in [0, 0.05) is 24.6 Å². The molecule has 1 amide bonds. The average Bonchev–Trinajstić information content (AvgIpc) is 2.73. The number of para-hydroxylation sites is 1. The maximum Gasteiger partial charge on any atom is 0.337 e. The average molecular weight is 361 g/mol. The lowest BCUT2D eigenvalue weighted by molar-refractivity contribution is 0.0600. The van der Waals surface area contributed by atoms with Gasteiger partial charge in [-0.1, -0.05) is 18.2 Å². The Morgan fingerprint density at radius 2 is 1.63 bits per heavy atom. The molecule has 2 aromatic carbocycles. The van der Waals surface area contributed by atoms with E-state index in [-0.39, 0.29) is 11.9 Å². The van der Waals surface area contributed by atoms with E-state index in [4.69, 9.17) is 0 Å². The summed E-state index contributed by atoms with van der Waals surface area (Å²) < 4.78 is 4.68. The van der Waals surface area contributed by atoms with Crippen molar-refractivity contribution in [2.75, 3.05) is 24.4 Å². The van der Waals surface area contributed by atoms with Crippen LogP contribution in [0.25, 0.3) is 0 Å². The number of hydrogen-bond donors (Lipinski definition) is 1. The summed E-state index contributed by atoms with van der Waals surface area (Å²) in [6, 6.07) is 18.0. The molecular formula is C21H19N3O3. The van der Waals surface area contributed by atoms with Crippen molar-refractivity contribution in [3.05, 3.63) is 84.2 Å². The number of anilines is 3. The van der Waals surface area contributed by atoms with E-state index in [1.807, 2.05) is 30.3 Å². The summed E-state index contributed by atoms with van der Waals surface area (Å²) in [6.07, 6.45) is 3.17. The molecule has 6 heteroatoms. The van der Waals surface area contributed by atoms with Crippen LogP contribution in [0.3, 0.4) is 0 Å². The highest BCUT2D eigenvalue weighted by molar-refractivity contribution is 6.06. The molecule has 1 heterocycles. The molecule has 136 valence electrons. The van der Waals surface area contributed by atoms with Crippen molar-refractivity contribution in [1.82, 2.24) is 4.98 Å². The van der Waals surface area contributed by atoms with Crippen molar-refractivity contribution in [2.45, 2.75) is 0 Å². The molecule has 0 bridgehead atoms. The predicted octanol–water partition coefficient (Wildman–Crippen LogP) is 3.89. The van der Waals surface area contributed by atoms with Gasteiger partial charge in [0.05, 0.1) is 30.1 Å². The first-order chi connectivity index (χ1) is 13.1. The van der Waals surface area contributed by atoms with Gasteiger partial charge in [-0.15, -0.1) is 0 Å². The summed E-state index contributed by atoms with van der Waals surface area (Å²) >= 11 is 0. The molecular weight excluding hydrogens is 342 g/mol. The monoisotopic (exact) mass is 361 g/mol. The normalized spacial score (nSPS) is 10.1. The predicted molar refractivity (Wildman–Crippen MR) is 104 cm³/mol. The maximum atomic E-state index is 12.7. The van der Waals surface area contributed by atoms with Crippen LogP contribution in [0.15, 0.2) is 73.1 Å². The minimum atomic E-state index is -0.389. The first-order valence-corrected chi connectivity index (χ1v) is 8.32. The van der Waals surface area contributed by atoms with Gasteiger partial charge in [-0.2, -0.15) is 0 Å². The van der Waals surface area contributed by atoms with E-state index in [0.29, 0.717) is 16.8 Å². The molecule has 0 spiro atoms. The second-order valence-corrected chi connectivity index (χ2v) is 5.86. The lowest BCUT2D eigenvalue weighted by Crippen LogP contribution is -2.26. The van der Waals surface area contributed by atoms with Gasteiger partial charge in [-0.05, 0) is 42.5 Å². The van der Waals surface area contributed by atoms with Crippen molar-refractivity contribution in [1.29, 1.82) is 0 Å². The lowest BCUT2D eigenvalue weighted by atomic mass is 10.2. The second-order valence-electron chi connectivity index (χ2n) is 5.86. The Morgan fingerprint density at radius 1 is 0.926 bits per heavy atom. The molecule has 27 heavy (non-hydrogen) atoms. The van der Waals surface area contributed by atoms with E-state index < -0.39 is 0 Å². The number of carbonyl (C=O) groups is 2. The molecule has 3 aromatic rings. The summed E-state index contributed by atoms with van der Waals surface area (Å²) in [5, 5.41) is 3.18. The van der Waals surface area contributed by atoms with E-state index >= 15 is 0 Å². The molecule has 0 fully saturated rings. The van der Waals surface area contributed by atoms with E-state index in [1.54, 1.807) is 48.5 Å². The molecule has 0 aliphatic heterocycles. The molecule has 0 aliphatic rings. The van der Waals surface area contributed by atoms with Gasteiger partial charge < -0.3 is 15.0 Å². The summed E-state index contributed by atoms with van der Waals surface area (Å²) in [6.45, 7) is 0. The number of nitrogens with one attached hydrogen (secondary N) is 1. The number of nitrogens with zero attached hydrogens (tertiary/aromatic N) is 2. The Morgan fingerprint density at radius 3 is 2.30 bits per heavy atom. The highest BCUT2D eigenvalue weighted by Crippen LogP contribution is 2.20. The van der Waals surface area contributed by atoms with Crippen LogP contribution >= 0.6 is 0 Å². The smallest absolute Gasteiger partial charge is 0.337 e. The Kier molecular flexibility index (Phi) is 5.47. The van der Waals surface area contributed by atoms with Gasteiger partial charge in [-0.25, -0.2) is 4.79 Å². The fourth-order valence-electron chi connectivity index (χ4n) is 2.56. The van der Waals surface area contributed by atoms with Crippen molar-refractivity contribution in [3.8, 4) is 0 Å². The summed E-state index contributed by atoms with van der Waals surface area (Å²) in [4.78, 5) is 29.9. The summed E-state index contributed by atoms with van der Waals surface area (Å²) in [5.41, 5.74) is 3.19. The number of methoxy groups -OCH3 is 1. The first-order valence-electron chi connectivity index (χ1n) is 8.32. The van der Waals surface area contributed by atoms with Crippen LogP contribution in [0, 0.1) is 0 Å². The zero-order valence-corrected chi connectivity index (χ0v) is 15.0. The summed E-state index contributed by atoms with van der Waals surface area (Å²) in [5.74, 6) is -0.543. The Labute approximate surface area is 157 Å². The number of hydrogen-bond acceptors (Lipinski definition) is 5. The lowest BCUT2D eigenvalue weighted by Gasteiger charge is -2.17. The molecule has 0 saturated heterocycles. The third-order valence-corrected chi connectivity index (χ3v) is 4.03. The molecule has 6 nitrogen and oxygen atoms in total. The van der Waals surface area contributed by atoms with Gasteiger partial charge in [0.2, 0.25) is 0 Å². The van der Waals surface area contributed by atoms with Crippen LogP contribution in [0.4, 0.5) is 17.1 Å². The maximum absolute atomic E-state index is 12.7. The standard InChI is InChI=1S/C21H19N3O3/c1-24(19-6-4-3-5-7-19)20(25)16-12-18(14-22-13-16)23-17-10-8-15(9-11-17)21(26)27-2/h3-14,23H,1-2H3. The number of aromatic nitrogens is 1. The summed E-state index contributed by atoms with van der Waals surface area (Å²) in [7, 11) is 3.07. The van der Waals surface area contributed by atoms with Crippen LogP contribution in [0.2, 0.25) is 0 Å². The van der Waals surface area contributed by atoms with Gasteiger partial charge in [0.1, 0.15) is 0 Å². The van der Waals surface area contributed by atoms with E-state index in [0.717, 1.165) is 11.4 Å². The Balaban J connectivity index is 1.75. The van der Waals surface area contributed by atoms with Crippen molar-refractivity contribution in [3.63, 3.8) is 0 Å². The van der Waals surface area contributed by atoms with Crippen LogP contribution in [-0.4, -0.2) is 31.0 Å². The van der Waals surface area contributed by atoms with E-state index in [9.17, 15) is 9.59 Å². The number of carbonyl (C=O) groups excluding carboxylic acids is 2. The number of pyridine rings is 1. The third kappa shape index (κ3) is 4.30. The minimum Gasteiger partial charge on any atom is -0.465 e. The quantitative estimate of drug-likeness (QED) is 0.698. The molecule has 0 atom stereocenters. The fraction of sp³-hybridized carbons (Fsp3) is 0.0952. The Hall–Kier alpha value is -3.67. The van der Waals surface area contributed by atoms with Crippen LogP contribution < -0.4 is 10.2 Å². The molecule has 1 aromatic heterocycles. The van der Waals surface area contributed by atoms with Gasteiger partial charge in [-0.3, -0.25) is 9.78 Å². The zero-order valence-electron chi connectivity index (χ0n) is 15.0. The van der Waals surface area contributed by atoms with Gasteiger partial charge >= 0.3 is 5.97 Å². The number of amides is 1. The van der Waals surface area contributed by atoms with Crippen LogP contribution in [0.1, 0.15) is 20.7 Å². The van der Waals surface area contributed by atoms with E-state index in [2.05, 4.69) is 15.0 Å². The highest BCUT2D eigenvalue weighted by atomic mass is 16.5. The number of rotatable bonds is 5. The molecule has 0 radical (unpaired) electrons. The van der Waals surface area contributed by atoms with Crippen molar-refractivity contribution < 1.29 is 14.3 Å². The largest absolute Gasteiger partial charge is 0.465 e. The van der Waals surface area contributed by atoms with Crippen molar-refractivity contribution >= 4 is 28.9 Å². The van der Waals surface area contributed by atoms with Gasteiger partial charge in [0.25, 0.3) is 5.91 Å². The first kappa shape index (κ1) is 18.1. The number of benzene rings is 2. The molecule has 1 N–H and O–H groups in total. The third-order valence-electron chi connectivity index (χ3n) is 4.03. The SMILES string of the molecule is COC(=O)c1ccc(Nc2cncc(C(=O)N(C)c3ccccc3)c2)cc1. The van der Waals surface area contributed by atoms with Crippen LogP contribution in [0.5, 0.6) is 0 Å². The van der Waals surface area contributed by atoms with Crippen LogP contribution in [-0.2, 0) is 4.74 Å². The minimum absolute atomic E-state index is 0.154. The Bertz CT molecular complexity index is 940. The van der Waals surface area contributed by atoms with Gasteiger partial charge in [0.15, 0.2) is 0 Å². The molecule has 3 rings (SSSR count). The molecule has 0 saturated carbocycles.